The lowest BCUT2D eigenvalue weighted by molar-refractivity contribution is -0.141. The van der Waals surface area contributed by atoms with Gasteiger partial charge in [-0.1, -0.05) is 11.3 Å². The SMILES string of the molecule is Cn1cc(CC2CN(c3nc(C(F)(F)F)c(Br)s3)C2)cn1. The topological polar surface area (TPSA) is 34.0 Å². The standard InChI is InChI=1S/C12H12BrF3N4S/c1-19-4-7(3-17-19)2-8-5-20(6-8)11-18-9(10(13)21-11)12(14,15)16/h3-4,8H,2,5-6H2,1H3. The average Bonchev–Trinajstić information content (AvgIpc) is 2.88. The van der Waals surface area contributed by atoms with Crippen LogP contribution in [0.25, 0.3) is 0 Å². The van der Waals surface area contributed by atoms with Crippen molar-refractivity contribution in [1.29, 1.82) is 0 Å². The molecule has 1 fully saturated rings. The van der Waals surface area contributed by atoms with Crippen LogP contribution in [-0.2, 0) is 19.6 Å². The molecule has 0 spiro atoms. The summed E-state index contributed by atoms with van der Waals surface area (Å²) in [5, 5.41) is 4.54. The average molecular weight is 381 g/mol. The molecule has 0 saturated carbocycles. The van der Waals surface area contributed by atoms with E-state index < -0.39 is 11.9 Å². The summed E-state index contributed by atoms with van der Waals surface area (Å²) in [6, 6.07) is 0. The molecular formula is C12H12BrF3N4S. The van der Waals surface area contributed by atoms with Crippen molar-refractivity contribution in [2.24, 2.45) is 13.0 Å². The highest BCUT2D eigenvalue weighted by molar-refractivity contribution is 9.11. The number of nitrogens with zero attached hydrogens (tertiary/aromatic N) is 4. The highest BCUT2D eigenvalue weighted by Gasteiger charge is 2.39. The van der Waals surface area contributed by atoms with Gasteiger partial charge in [-0.15, -0.1) is 0 Å². The molecule has 1 saturated heterocycles. The quantitative estimate of drug-likeness (QED) is 0.818. The molecule has 0 radical (unpaired) electrons. The Morgan fingerprint density at radius 2 is 2.14 bits per heavy atom. The molecule has 1 aliphatic heterocycles. The number of halogens is 4. The van der Waals surface area contributed by atoms with E-state index in [-0.39, 0.29) is 3.79 Å². The molecule has 0 N–H and O–H groups in total. The van der Waals surface area contributed by atoms with Crippen molar-refractivity contribution in [3.8, 4) is 0 Å². The Labute approximate surface area is 131 Å². The zero-order valence-corrected chi connectivity index (χ0v) is 13.5. The van der Waals surface area contributed by atoms with Crippen molar-refractivity contribution in [2.75, 3.05) is 18.0 Å². The van der Waals surface area contributed by atoms with Gasteiger partial charge in [0.1, 0.15) is 3.79 Å². The number of hydrogen-bond acceptors (Lipinski definition) is 4. The fraction of sp³-hybridized carbons (Fsp3) is 0.500. The van der Waals surface area contributed by atoms with Gasteiger partial charge >= 0.3 is 6.18 Å². The fourth-order valence-electron chi connectivity index (χ4n) is 2.37. The number of alkyl halides is 3. The Hall–Kier alpha value is -1.09. The van der Waals surface area contributed by atoms with Gasteiger partial charge in [0.05, 0.1) is 6.20 Å². The van der Waals surface area contributed by atoms with E-state index in [1.165, 1.54) is 0 Å². The maximum absolute atomic E-state index is 12.7. The molecule has 0 aliphatic carbocycles. The zero-order valence-electron chi connectivity index (χ0n) is 11.1. The van der Waals surface area contributed by atoms with Crippen LogP contribution in [0.3, 0.4) is 0 Å². The van der Waals surface area contributed by atoms with E-state index in [1.807, 2.05) is 24.3 Å². The molecule has 0 bridgehead atoms. The van der Waals surface area contributed by atoms with Gasteiger partial charge < -0.3 is 4.90 Å². The molecule has 3 rings (SSSR count). The Kier molecular flexibility index (Phi) is 3.73. The molecule has 0 aromatic carbocycles. The van der Waals surface area contributed by atoms with E-state index in [4.69, 9.17) is 0 Å². The number of hydrogen-bond donors (Lipinski definition) is 0. The van der Waals surface area contributed by atoms with Crippen LogP contribution < -0.4 is 4.90 Å². The van der Waals surface area contributed by atoms with Crippen molar-refractivity contribution in [2.45, 2.75) is 12.6 Å². The first-order chi connectivity index (χ1) is 9.83. The lowest BCUT2D eigenvalue weighted by atomic mass is 9.94. The second kappa shape index (κ2) is 5.28. The molecule has 2 aromatic heterocycles. The largest absolute Gasteiger partial charge is 0.435 e. The van der Waals surface area contributed by atoms with Crippen LogP contribution in [0.15, 0.2) is 16.2 Å². The summed E-state index contributed by atoms with van der Waals surface area (Å²) in [4.78, 5) is 5.59. The Bertz CT molecular complexity index is 645. The molecule has 0 amide bonds. The molecule has 2 aromatic rings. The summed E-state index contributed by atoms with van der Waals surface area (Å²) >= 11 is 3.98. The minimum Gasteiger partial charge on any atom is -0.347 e. The van der Waals surface area contributed by atoms with Gasteiger partial charge in [0.25, 0.3) is 0 Å². The van der Waals surface area contributed by atoms with E-state index in [2.05, 4.69) is 26.0 Å². The number of aryl methyl sites for hydroxylation is 1. The van der Waals surface area contributed by atoms with Crippen LogP contribution in [0.2, 0.25) is 0 Å². The lowest BCUT2D eigenvalue weighted by Crippen LogP contribution is -2.47. The number of anilines is 1. The van der Waals surface area contributed by atoms with Gasteiger partial charge in [-0.2, -0.15) is 18.3 Å². The predicted octanol–water partition coefficient (Wildman–Crippen LogP) is 3.34. The molecule has 114 valence electrons. The molecular weight excluding hydrogens is 369 g/mol. The van der Waals surface area contributed by atoms with Gasteiger partial charge in [-0.3, -0.25) is 4.68 Å². The Balaban J connectivity index is 1.61. The summed E-state index contributed by atoms with van der Waals surface area (Å²) in [6.45, 7) is 1.46. The molecule has 21 heavy (non-hydrogen) atoms. The van der Waals surface area contributed by atoms with Crippen molar-refractivity contribution in [3.63, 3.8) is 0 Å². The maximum Gasteiger partial charge on any atom is 0.435 e. The summed E-state index contributed by atoms with van der Waals surface area (Å²) in [5.41, 5.74) is 0.316. The normalized spacial score (nSPS) is 16.3. The van der Waals surface area contributed by atoms with Crippen molar-refractivity contribution in [3.05, 3.63) is 27.4 Å². The highest BCUT2D eigenvalue weighted by Crippen LogP contribution is 2.41. The van der Waals surface area contributed by atoms with Gasteiger partial charge in [0.15, 0.2) is 10.8 Å². The molecule has 1 aliphatic rings. The Morgan fingerprint density at radius 3 is 2.67 bits per heavy atom. The van der Waals surface area contributed by atoms with Crippen molar-refractivity contribution in [1.82, 2.24) is 14.8 Å². The summed E-state index contributed by atoms with van der Waals surface area (Å²) in [5.74, 6) is 0.436. The van der Waals surface area contributed by atoms with Gasteiger partial charge in [0, 0.05) is 26.3 Å². The number of aromatic nitrogens is 3. The van der Waals surface area contributed by atoms with Crippen LogP contribution in [0, 0.1) is 5.92 Å². The number of rotatable bonds is 3. The maximum atomic E-state index is 12.7. The molecule has 3 heterocycles. The van der Waals surface area contributed by atoms with E-state index >= 15 is 0 Å². The smallest absolute Gasteiger partial charge is 0.347 e. The zero-order chi connectivity index (χ0) is 15.2. The predicted molar refractivity (Wildman–Crippen MR) is 77.4 cm³/mol. The monoisotopic (exact) mass is 380 g/mol. The van der Waals surface area contributed by atoms with Crippen molar-refractivity contribution >= 4 is 32.4 Å². The first kappa shape index (κ1) is 14.8. The third kappa shape index (κ3) is 3.08. The van der Waals surface area contributed by atoms with E-state index in [1.54, 1.807) is 4.68 Å². The molecule has 4 nitrogen and oxygen atoms in total. The first-order valence-corrected chi connectivity index (χ1v) is 7.90. The summed E-state index contributed by atoms with van der Waals surface area (Å²) in [7, 11) is 1.86. The molecule has 0 unspecified atom stereocenters. The summed E-state index contributed by atoms with van der Waals surface area (Å²) in [6.07, 6.45) is 0.269. The van der Waals surface area contributed by atoms with E-state index in [0.717, 1.165) is 36.4 Å². The second-order valence-electron chi connectivity index (χ2n) is 5.11. The van der Waals surface area contributed by atoms with E-state index in [0.29, 0.717) is 11.0 Å². The van der Waals surface area contributed by atoms with E-state index in [9.17, 15) is 13.2 Å². The van der Waals surface area contributed by atoms with Crippen LogP contribution in [0.5, 0.6) is 0 Å². The third-order valence-electron chi connectivity index (χ3n) is 3.35. The fourth-order valence-corrected chi connectivity index (χ4v) is 3.95. The number of thiazole rings is 1. The second-order valence-corrected chi connectivity index (χ2v) is 7.41. The minimum absolute atomic E-state index is 0.0423. The highest BCUT2D eigenvalue weighted by atomic mass is 79.9. The van der Waals surface area contributed by atoms with Crippen LogP contribution in [0.4, 0.5) is 18.3 Å². The summed E-state index contributed by atoms with van der Waals surface area (Å²) < 4.78 is 39.9. The molecule has 9 heteroatoms. The van der Waals surface area contributed by atoms with Crippen LogP contribution >= 0.6 is 27.3 Å². The van der Waals surface area contributed by atoms with Gasteiger partial charge in [-0.25, -0.2) is 4.98 Å². The van der Waals surface area contributed by atoms with Crippen LogP contribution in [-0.4, -0.2) is 27.9 Å². The van der Waals surface area contributed by atoms with Gasteiger partial charge in [-0.05, 0) is 33.8 Å². The lowest BCUT2D eigenvalue weighted by Gasteiger charge is -2.39. The van der Waals surface area contributed by atoms with Crippen LogP contribution in [0.1, 0.15) is 11.3 Å². The Morgan fingerprint density at radius 1 is 1.43 bits per heavy atom. The van der Waals surface area contributed by atoms with Gasteiger partial charge in [0.2, 0.25) is 0 Å². The first-order valence-electron chi connectivity index (χ1n) is 6.29. The van der Waals surface area contributed by atoms with Crippen molar-refractivity contribution < 1.29 is 13.2 Å². The third-order valence-corrected chi connectivity index (χ3v) is 5.12. The minimum atomic E-state index is -4.41. The molecule has 0 atom stereocenters.